The molecule has 1 aromatic carbocycles. The van der Waals surface area contributed by atoms with Crippen molar-refractivity contribution in [2.24, 2.45) is 0 Å². The van der Waals surface area contributed by atoms with Gasteiger partial charge in [-0.05, 0) is 40.5 Å². The fourth-order valence-corrected chi connectivity index (χ4v) is 1.68. The predicted octanol–water partition coefficient (Wildman–Crippen LogP) is 2.45. The second-order valence-electron chi connectivity index (χ2n) is 3.26. The molecule has 0 fully saturated rings. The molecule has 0 bridgehead atoms. The van der Waals surface area contributed by atoms with E-state index in [9.17, 15) is 4.79 Å². The Balaban J connectivity index is 2.62. The lowest BCUT2D eigenvalue weighted by molar-refractivity contribution is -0.149. The molecule has 0 amide bonds. The first-order valence-corrected chi connectivity index (χ1v) is 5.50. The molecule has 16 heavy (non-hydrogen) atoms. The van der Waals surface area contributed by atoms with Gasteiger partial charge < -0.3 is 14.6 Å². The Morgan fingerprint density at radius 2 is 2.25 bits per heavy atom. The normalized spacial score (nSPS) is 12.2. The van der Waals surface area contributed by atoms with Gasteiger partial charge >= 0.3 is 5.97 Å². The van der Waals surface area contributed by atoms with Crippen LogP contribution >= 0.6 is 15.9 Å². The van der Waals surface area contributed by atoms with Gasteiger partial charge in [-0.1, -0.05) is 6.07 Å². The summed E-state index contributed by atoms with van der Waals surface area (Å²) in [5.74, 6) is -0.234. The topological polar surface area (TPSA) is 55.8 Å². The summed E-state index contributed by atoms with van der Waals surface area (Å²) in [5.41, 5.74) is 0.890. The van der Waals surface area contributed by atoms with Crippen molar-refractivity contribution < 1.29 is 19.4 Å². The maximum Gasteiger partial charge on any atom is 0.332 e. The smallest absolute Gasteiger partial charge is 0.332 e. The number of benzene rings is 1. The van der Waals surface area contributed by atoms with Crippen LogP contribution in [0, 0.1) is 0 Å². The van der Waals surface area contributed by atoms with Crippen LogP contribution in [0.3, 0.4) is 0 Å². The van der Waals surface area contributed by atoms with Crippen molar-refractivity contribution >= 4 is 21.9 Å². The van der Waals surface area contributed by atoms with Crippen molar-refractivity contribution in [2.45, 2.75) is 19.6 Å². The van der Waals surface area contributed by atoms with Crippen LogP contribution in [0.4, 0.5) is 0 Å². The van der Waals surface area contributed by atoms with Gasteiger partial charge in [-0.15, -0.1) is 0 Å². The van der Waals surface area contributed by atoms with Crippen LogP contribution in [0.15, 0.2) is 22.7 Å². The third-order valence-electron chi connectivity index (χ3n) is 2.06. The molecule has 0 radical (unpaired) electrons. The zero-order valence-corrected chi connectivity index (χ0v) is 10.7. The van der Waals surface area contributed by atoms with Crippen LogP contribution < -0.4 is 4.74 Å². The molecule has 0 heterocycles. The Bertz CT molecular complexity index is 378. The number of ether oxygens (including phenoxy) is 2. The number of methoxy groups -OCH3 is 1. The van der Waals surface area contributed by atoms with Crippen LogP contribution in [0.1, 0.15) is 12.5 Å². The van der Waals surface area contributed by atoms with Crippen molar-refractivity contribution in [1.29, 1.82) is 0 Å². The lowest BCUT2D eigenvalue weighted by Gasteiger charge is -2.09. The maximum atomic E-state index is 10.5. The van der Waals surface area contributed by atoms with Crippen molar-refractivity contribution in [3.8, 4) is 5.75 Å². The largest absolute Gasteiger partial charge is 0.496 e. The predicted molar refractivity (Wildman–Crippen MR) is 62.6 cm³/mol. The molecule has 0 unspecified atom stereocenters. The molecular formula is C11H13BrO4. The summed E-state index contributed by atoms with van der Waals surface area (Å²) in [4.78, 5) is 10.5. The quantitative estimate of drug-likeness (QED) is 0.904. The molecule has 0 saturated carbocycles. The highest BCUT2D eigenvalue weighted by molar-refractivity contribution is 9.10. The van der Waals surface area contributed by atoms with E-state index in [1.165, 1.54) is 6.92 Å². The van der Waals surface area contributed by atoms with Crippen molar-refractivity contribution in [1.82, 2.24) is 0 Å². The minimum atomic E-state index is -0.965. The second-order valence-corrected chi connectivity index (χ2v) is 4.11. The number of halogens is 1. The average Bonchev–Trinajstić information content (AvgIpc) is 2.25. The fraction of sp³-hybridized carbons (Fsp3) is 0.364. The van der Waals surface area contributed by atoms with E-state index in [0.717, 1.165) is 15.8 Å². The second kappa shape index (κ2) is 5.86. The van der Waals surface area contributed by atoms with Gasteiger partial charge in [0.25, 0.3) is 0 Å². The molecule has 1 atom stereocenters. The zero-order chi connectivity index (χ0) is 12.1. The van der Waals surface area contributed by atoms with Crippen molar-refractivity contribution in [3.63, 3.8) is 0 Å². The van der Waals surface area contributed by atoms with E-state index in [2.05, 4.69) is 15.9 Å². The van der Waals surface area contributed by atoms with E-state index in [4.69, 9.17) is 14.6 Å². The van der Waals surface area contributed by atoms with Crippen LogP contribution in [0.2, 0.25) is 0 Å². The van der Waals surface area contributed by atoms with Gasteiger partial charge in [0.15, 0.2) is 6.10 Å². The molecule has 88 valence electrons. The van der Waals surface area contributed by atoms with Crippen molar-refractivity contribution in [2.75, 3.05) is 7.11 Å². The Morgan fingerprint density at radius 1 is 1.56 bits per heavy atom. The first kappa shape index (κ1) is 13.0. The number of carboxylic acid groups (broad SMARTS) is 1. The molecule has 0 aliphatic heterocycles. The average molecular weight is 289 g/mol. The standard InChI is InChI=1S/C11H13BrO4/c1-7(11(13)14)16-6-8-3-4-10(15-2)9(12)5-8/h3-5,7H,6H2,1-2H3,(H,13,14)/t7-/m1/s1. The summed E-state index contributed by atoms with van der Waals surface area (Å²) in [7, 11) is 1.59. The monoisotopic (exact) mass is 288 g/mol. The minimum Gasteiger partial charge on any atom is -0.496 e. The Kier molecular flexibility index (Phi) is 4.76. The number of hydrogen-bond acceptors (Lipinski definition) is 3. The van der Waals surface area contributed by atoms with Crippen LogP contribution in [-0.2, 0) is 16.1 Å². The molecule has 0 saturated heterocycles. The summed E-state index contributed by atoms with van der Waals surface area (Å²) in [5, 5.41) is 8.64. The van der Waals surface area contributed by atoms with Gasteiger partial charge in [-0.25, -0.2) is 4.79 Å². The molecule has 5 heteroatoms. The number of rotatable bonds is 5. The highest BCUT2D eigenvalue weighted by atomic mass is 79.9. The van der Waals surface area contributed by atoms with Gasteiger partial charge in [0.05, 0.1) is 18.2 Å². The summed E-state index contributed by atoms with van der Waals surface area (Å²) >= 11 is 3.35. The molecule has 1 N–H and O–H groups in total. The Labute approximate surface area is 102 Å². The summed E-state index contributed by atoms with van der Waals surface area (Å²) < 4.78 is 11.1. The molecule has 0 aliphatic carbocycles. The summed E-state index contributed by atoms with van der Waals surface area (Å²) in [6.45, 7) is 1.76. The van der Waals surface area contributed by atoms with E-state index in [1.54, 1.807) is 13.2 Å². The van der Waals surface area contributed by atoms with Gasteiger partial charge in [0, 0.05) is 0 Å². The molecule has 0 spiro atoms. The lowest BCUT2D eigenvalue weighted by atomic mass is 10.2. The number of carbonyl (C=O) groups is 1. The van der Waals surface area contributed by atoms with Gasteiger partial charge in [0.1, 0.15) is 5.75 Å². The molecular weight excluding hydrogens is 276 g/mol. The number of carboxylic acids is 1. The zero-order valence-electron chi connectivity index (χ0n) is 9.07. The first-order valence-electron chi connectivity index (χ1n) is 4.71. The van der Waals surface area contributed by atoms with Crippen molar-refractivity contribution in [3.05, 3.63) is 28.2 Å². The molecule has 1 rings (SSSR count). The van der Waals surface area contributed by atoms with Crippen LogP contribution in [0.5, 0.6) is 5.75 Å². The molecule has 0 aromatic heterocycles. The van der Waals surface area contributed by atoms with Gasteiger partial charge in [-0.2, -0.15) is 0 Å². The molecule has 0 aliphatic rings. The van der Waals surface area contributed by atoms with E-state index in [0.29, 0.717) is 0 Å². The number of hydrogen-bond donors (Lipinski definition) is 1. The van der Waals surface area contributed by atoms with Gasteiger partial charge in [0.2, 0.25) is 0 Å². The SMILES string of the molecule is COc1ccc(CO[C@H](C)C(=O)O)cc1Br. The van der Waals surface area contributed by atoms with E-state index in [1.807, 2.05) is 12.1 Å². The van der Waals surface area contributed by atoms with E-state index < -0.39 is 12.1 Å². The minimum absolute atomic E-state index is 0.260. The van der Waals surface area contributed by atoms with Crippen LogP contribution in [-0.4, -0.2) is 24.3 Å². The highest BCUT2D eigenvalue weighted by Crippen LogP contribution is 2.25. The van der Waals surface area contributed by atoms with E-state index in [-0.39, 0.29) is 6.61 Å². The van der Waals surface area contributed by atoms with Crippen LogP contribution in [0.25, 0.3) is 0 Å². The number of aliphatic carboxylic acids is 1. The maximum absolute atomic E-state index is 10.5. The summed E-state index contributed by atoms with van der Waals surface area (Å²) in [6.07, 6.45) is -0.805. The third-order valence-corrected chi connectivity index (χ3v) is 2.68. The molecule has 4 nitrogen and oxygen atoms in total. The Hall–Kier alpha value is -1.07. The lowest BCUT2D eigenvalue weighted by Crippen LogP contribution is -2.19. The first-order chi connectivity index (χ1) is 7.54. The molecule has 1 aromatic rings. The fourth-order valence-electron chi connectivity index (χ4n) is 1.09. The highest BCUT2D eigenvalue weighted by Gasteiger charge is 2.11. The third kappa shape index (κ3) is 3.50. The summed E-state index contributed by atoms with van der Waals surface area (Å²) in [6, 6.07) is 5.47. The van der Waals surface area contributed by atoms with Gasteiger partial charge in [-0.3, -0.25) is 0 Å². The Morgan fingerprint density at radius 3 is 2.75 bits per heavy atom. The van der Waals surface area contributed by atoms with E-state index >= 15 is 0 Å².